The van der Waals surface area contributed by atoms with E-state index in [1.165, 1.54) is 6.07 Å². The van der Waals surface area contributed by atoms with Gasteiger partial charge >= 0.3 is 12.1 Å². The molecular formula is C14H9F4NO2. The number of esters is 1. The van der Waals surface area contributed by atoms with Gasteiger partial charge in [-0.3, -0.25) is 4.98 Å². The molecule has 0 aliphatic carbocycles. The fourth-order valence-corrected chi connectivity index (χ4v) is 1.77. The molecule has 0 fully saturated rings. The molecule has 3 nitrogen and oxygen atoms in total. The molecule has 0 saturated heterocycles. The van der Waals surface area contributed by atoms with E-state index in [1.54, 1.807) is 0 Å². The standard InChI is InChI=1S/C14H9F4NO2/c1-21-13(20)11-6-9(15)3-4-10(11)8-2-5-12(19-7-8)14(16,17)18/h2-7H,1H3. The van der Waals surface area contributed by atoms with Crippen LogP contribution in [-0.4, -0.2) is 18.1 Å². The molecule has 0 N–H and O–H groups in total. The van der Waals surface area contributed by atoms with Gasteiger partial charge in [0.15, 0.2) is 0 Å². The number of benzene rings is 1. The van der Waals surface area contributed by atoms with E-state index in [0.717, 1.165) is 37.6 Å². The summed E-state index contributed by atoms with van der Waals surface area (Å²) in [6.45, 7) is 0. The third kappa shape index (κ3) is 3.18. The fourth-order valence-electron chi connectivity index (χ4n) is 1.77. The lowest BCUT2D eigenvalue weighted by Gasteiger charge is -2.10. The Bertz CT molecular complexity index is 666. The molecule has 110 valence electrons. The predicted octanol–water partition coefficient (Wildman–Crippen LogP) is 3.69. The molecule has 2 aromatic rings. The highest BCUT2D eigenvalue weighted by atomic mass is 19.4. The van der Waals surface area contributed by atoms with Crippen LogP contribution in [0.25, 0.3) is 11.1 Å². The summed E-state index contributed by atoms with van der Waals surface area (Å²) in [5.74, 6) is -1.44. The molecule has 21 heavy (non-hydrogen) atoms. The molecule has 0 aliphatic rings. The summed E-state index contributed by atoms with van der Waals surface area (Å²) >= 11 is 0. The minimum absolute atomic E-state index is 0.0842. The summed E-state index contributed by atoms with van der Waals surface area (Å²) in [7, 11) is 1.13. The Hall–Kier alpha value is -2.44. The largest absolute Gasteiger partial charge is 0.465 e. The number of alkyl halides is 3. The molecule has 1 heterocycles. The summed E-state index contributed by atoms with van der Waals surface area (Å²) in [5.41, 5.74) is -0.639. The van der Waals surface area contributed by atoms with Crippen molar-refractivity contribution in [2.24, 2.45) is 0 Å². The van der Waals surface area contributed by atoms with Gasteiger partial charge in [-0.25, -0.2) is 9.18 Å². The van der Waals surface area contributed by atoms with Crippen LogP contribution in [0.3, 0.4) is 0 Å². The molecule has 0 saturated carbocycles. The fraction of sp³-hybridized carbons (Fsp3) is 0.143. The zero-order chi connectivity index (χ0) is 15.6. The van der Waals surface area contributed by atoms with Crippen LogP contribution in [0, 0.1) is 5.82 Å². The Labute approximate surface area is 117 Å². The van der Waals surface area contributed by atoms with Crippen LogP contribution in [0.5, 0.6) is 0 Å². The van der Waals surface area contributed by atoms with Gasteiger partial charge in [-0.2, -0.15) is 13.2 Å². The van der Waals surface area contributed by atoms with Crippen LogP contribution in [-0.2, 0) is 10.9 Å². The first-order valence-corrected chi connectivity index (χ1v) is 5.74. The minimum Gasteiger partial charge on any atom is -0.465 e. The number of rotatable bonds is 2. The molecule has 0 atom stereocenters. The normalized spacial score (nSPS) is 11.3. The highest BCUT2D eigenvalue weighted by Gasteiger charge is 2.32. The molecule has 2 rings (SSSR count). The second-order valence-corrected chi connectivity index (χ2v) is 4.11. The van der Waals surface area contributed by atoms with Crippen molar-refractivity contribution in [1.82, 2.24) is 4.98 Å². The van der Waals surface area contributed by atoms with Gasteiger partial charge in [0.05, 0.1) is 12.7 Å². The average Bonchev–Trinajstić information content (AvgIpc) is 2.45. The number of halogens is 4. The summed E-state index contributed by atoms with van der Waals surface area (Å²) in [5, 5.41) is 0. The molecule has 1 aromatic carbocycles. The number of hydrogen-bond acceptors (Lipinski definition) is 3. The van der Waals surface area contributed by atoms with Crippen LogP contribution in [0.4, 0.5) is 17.6 Å². The van der Waals surface area contributed by atoms with Crippen molar-refractivity contribution >= 4 is 5.97 Å². The van der Waals surface area contributed by atoms with Gasteiger partial charge < -0.3 is 4.74 Å². The van der Waals surface area contributed by atoms with E-state index in [-0.39, 0.29) is 16.7 Å². The number of aromatic nitrogens is 1. The molecule has 0 spiro atoms. The van der Waals surface area contributed by atoms with Crippen molar-refractivity contribution in [2.45, 2.75) is 6.18 Å². The third-order valence-electron chi connectivity index (χ3n) is 2.75. The van der Waals surface area contributed by atoms with E-state index < -0.39 is 23.7 Å². The van der Waals surface area contributed by atoms with Crippen molar-refractivity contribution in [1.29, 1.82) is 0 Å². The molecule has 0 aliphatic heterocycles. The van der Waals surface area contributed by atoms with Crippen molar-refractivity contribution in [3.05, 3.63) is 53.6 Å². The predicted molar refractivity (Wildman–Crippen MR) is 66.0 cm³/mol. The molecule has 0 unspecified atom stereocenters. The Morgan fingerprint density at radius 3 is 2.43 bits per heavy atom. The zero-order valence-corrected chi connectivity index (χ0v) is 10.7. The first-order chi connectivity index (χ1) is 9.82. The van der Waals surface area contributed by atoms with Crippen LogP contribution < -0.4 is 0 Å². The maximum absolute atomic E-state index is 13.2. The number of carbonyl (C=O) groups is 1. The first kappa shape index (κ1) is 15.0. The van der Waals surface area contributed by atoms with E-state index in [2.05, 4.69) is 9.72 Å². The summed E-state index contributed by atoms with van der Waals surface area (Å²) < 4.78 is 55.1. The topological polar surface area (TPSA) is 39.2 Å². The van der Waals surface area contributed by atoms with Gasteiger partial charge in [-0.05, 0) is 23.8 Å². The zero-order valence-electron chi connectivity index (χ0n) is 10.7. The van der Waals surface area contributed by atoms with Gasteiger partial charge in [-0.1, -0.05) is 12.1 Å². The highest BCUT2D eigenvalue weighted by Crippen LogP contribution is 2.30. The van der Waals surface area contributed by atoms with Crippen LogP contribution in [0.1, 0.15) is 16.1 Å². The lowest BCUT2D eigenvalue weighted by molar-refractivity contribution is -0.141. The first-order valence-electron chi connectivity index (χ1n) is 5.74. The maximum Gasteiger partial charge on any atom is 0.433 e. The van der Waals surface area contributed by atoms with E-state index in [4.69, 9.17) is 0 Å². The molecule has 0 bridgehead atoms. The summed E-state index contributed by atoms with van der Waals surface area (Å²) in [6.07, 6.45) is -3.57. The van der Waals surface area contributed by atoms with Crippen molar-refractivity contribution < 1.29 is 27.1 Å². The Morgan fingerprint density at radius 2 is 1.90 bits per heavy atom. The summed E-state index contributed by atoms with van der Waals surface area (Å²) in [6, 6.07) is 5.29. The van der Waals surface area contributed by atoms with E-state index in [9.17, 15) is 22.4 Å². The van der Waals surface area contributed by atoms with Crippen molar-refractivity contribution in [3.63, 3.8) is 0 Å². The van der Waals surface area contributed by atoms with Crippen molar-refractivity contribution in [2.75, 3.05) is 7.11 Å². The monoisotopic (exact) mass is 299 g/mol. The molecule has 0 amide bonds. The average molecular weight is 299 g/mol. The van der Waals surface area contributed by atoms with Crippen molar-refractivity contribution in [3.8, 4) is 11.1 Å². The second-order valence-electron chi connectivity index (χ2n) is 4.11. The minimum atomic E-state index is -4.55. The van der Waals surface area contributed by atoms with Gasteiger partial charge in [0.25, 0.3) is 0 Å². The number of methoxy groups -OCH3 is 1. The Morgan fingerprint density at radius 1 is 1.19 bits per heavy atom. The number of nitrogens with zero attached hydrogens (tertiary/aromatic N) is 1. The van der Waals surface area contributed by atoms with Gasteiger partial charge in [0.1, 0.15) is 11.5 Å². The molecule has 7 heteroatoms. The molecule has 1 aromatic heterocycles. The van der Waals surface area contributed by atoms with E-state index in [1.807, 2.05) is 0 Å². The van der Waals surface area contributed by atoms with Crippen LogP contribution in [0.2, 0.25) is 0 Å². The molecule has 0 radical (unpaired) electrons. The van der Waals surface area contributed by atoms with Crippen LogP contribution >= 0.6 is 0 Å². The number of pyridine rings is 1. The lowest BCUT2D eigenvalue weighted by atomic mass is 10.0. The SMILES string of the molecule is COC(=O)c1cc(F)ccc1-c1ccc(C(F)(F)F)nc1. The number of ether oxygens (including phenoxy) is 1. The molecular weight excluding hydrogens is 290 g/mol. The van der Waals surface area contributed by atoms with Gasteiger partial charge in [0.2, 0.25) is 0 Å². The maximum atomic E-state index is 13.2. The number of carbonyl (C=O) groups excluding carboxylic acids is 1. The van der Waals surface area contributed by atoms with Crippen LogP contribution in [0.15, 0.2) is 36.5 Å². The smallest absolute Gasteiger partial charge is 0.433 e. The second kappa shape index (κ2) is 5.51. The quantitative estimate of drug-likeness (QED) is 0.627. The Kier molecular flexibility index (Phi) is 3.93. The van der Waals surface area contributed by atoms with E-state index >= 15 is 0 Å². The highest BCUT2D eigenvalue weighted by molar-refractivity contribution is 5.97. The Balaban J connectivity index is 2.49. The van der Waals surface area contributed by atoms with Gasteiger partial charge in [0, 0.05) is 11.8 Å². The van der Waals surface area contributed by atoms with Gasteiger partial charge in [-0.15, -0.1) is 0 Å². The number of hydrogen-bond donors (Lipinski definition) is 0. The lowest BCUT2D eigenvalue weighted by Crippen LogP contribution is -2.08. The van der Waals surface area contributed by atoms with E-state index in [0.29, 0.717) is 0 Å². The third-order valence-corrected chi connectivity index (χ3v) is 2.75. The summed E-state index contributed by atoms with van der Waals surface area (Å²) in [4.78, 5) is 14.9.